The highest BCUT2D eigenvalue weighted by molar-refractivity contribution is 5.87. The summed E-state index contributed by atoms with van der Waals surface area (Å²) in [5.41, 5.74) is 1.02. The van der Waals surface area contributed by atoms with Crippen LogP contribution in [0.15, 0.2) is 11.6 Å². The van der Waals surface area contributed by atoms with Crippen molar-refractivity contribution in [1.82, 2.24) is 10.6 Å². The fraction of sp³-hybridized carbons (Fsp3) is 0.667. The van der Waals surface area contributed by atoms with Gasteiger partial charge in [0.25, 0.3) is 0 Å². The number of carbonyl (C=O) groups excluding carboxylic acids is 1. The Morgan fingerprint density at radius 2 is 2.00 bits per heavy atom. The van der Waals surface area contributed by atoms with Gasteiger partial charge in [-0.05, 0) is 20.4 Å². The van der Waals surface area contributed by atoms with Gasteiger partial charge in [-0.1, -0.05) is 12.5 Å². The molecule has 0 atom stereocenters. The number of rotatable bonds is 5. The monoisotopic (exact) mass is 170 g/mol. The highest BCUT2D eigenvalue weighted by atomic mass is 16.1. The molecule has 0 saturated carbocycles. The van der Waals surface area contributed by atoms with Crippen LogP contribution < -0.4 is 10.6 Å². The van der Waals surface area contributed by atoms with E-state index in [1.54, 1.807) is 6.08 Å². The second-order valence-corrected chi connectivity index (χ2v) is 2.87. The molecule has 3 nitrogen and oxygen atoms in total. The molecule has 0 heterocycles. The molecular formula is C9H18N2O. The third-order valence-corrected chi connectivity index (χ3v) is 1.27. The van der Waals surface area contributed by atoms with Crippen molar-refractivity contribution in [3.63, 3.8) is 0 Å². The van der Waals surface area contributed by atoms with Crippen molar-refractivity contribution < 1.29 is 4.79 Å². The lowest BCUT2D eigenvalue weighted by Gasteiger charge is -2.02. The second-order valence-electron chi connectivity index (χ2n) is 2.87. The fourth-order valence-corrected chi connectivity index (χ4v) is 0.764. The van der Waals surface area contributed by atoms with Crippen LogP contribution in [0.4, 0.5) is 0 Å². The summed E-state index contributed by atoms with van der Waals surface area (Å²) in [6.07, 6.45) is 1.60. The summed E-state index contributed by atoms with van der Waals surface area (Å²) in [5.74, 6) is -0.00657. The van der Waals surface area contributed by atoms with Crippen molar-refractivity contribution in [3.8, 4) is 0 Å². The SMILES string of the molecule is CCNCCNC(=O)C=C(C)C. The Hall–Kier alpha value is -0.830. The average molecular weight is 170 g/mol. The van der Waals surface area contributed by atoms with Crippen LogP contribution in [0.5, 0.6) is 0 Å². The lowest BCUT2D eigenvalue weighted by Crippen LogP contribution is -2.30. The van der Waals surface area contributed by atoms with E-state index in [-0.39, 0.29) is 5.91 Å². The molecule has 0 aliphatic heterocycles. The van der Waals surface area contributed by atoms with Gasteiger partial charge in [-0.15, -0.1) is 0 Å². The van der Waals surface area contributed by atoms with Crippen molar-refractivity contribution in [1.29, 1.82) is 0 Å². The summed E-state index contributed by atoms with van der Waals surface area (Å²) in [7, 11) is 0. The molecule has 1 amide bonds. The molecule has 0 aromatic carbocycles. The largest absolute Gasteiger partial charge is 0.351 e. The van der Waals surface area contributed by atoms with E-state index >= 15 is 0 Å². The zero-order valence-corrected chi connectivity index (χ0v) is 8.11. The molecule has 2 N–H and O–H groups in total. The lowest BCUT2D eigenvalue weighted by molar-refractivity contribution is -0.116. The first-order chi connectivity index (χ1) is 5.66. The van der Waals surface area contributed by atoms with Crippen molar-refractivity contribution in [2.24, 2.45) is 0 Å². The third-order valence-electron chi connectivity index (χ3n) is 1.27. The van der Waals surface area contributed by atoms with Gasteiger partial charge >= 0.3 is 0 Å². The van der Waals surface area contributed by atoms with E-state index in [0.717, 1.165) is 18.7 Å². The van der Waals surface area contributed by atoms with Crippen LogP contribution in [0, 0.1) is 0 Å². The first kappa shape index (κ1) is 11.2. The van der Waals surface area contributed by atoms with Crippen LogP contribution in [-0.2, 0) is 4.79 Å². The second kappa shape index (κ2) is 6.85. The Kier molecular flexibility index (Phi) is 6.38. The van der Waals surface area contributed by atoms with Gasteiger partial charge in [-0.25, -0.2) is 0 Å². The molecule has 0 bridgehead atoms. The molecule has 12 heavy (non-hydrogen) atoms. The number of likely N-dealkylation sites (N-methyl/N-ethyl adjacent to an activating group) is 1. The summed E-state index contributed by atoms with van der Waals surface area (Å²) < 4.78 is 0. The number of nitrogens with one attached hydrogen (secondary N) is 2. The Balaban J connectivity index is 3.39. The zero-order valence-electron chi connectivity index (χ0n) is 8.11. The maximum absolute atomic E-state index is 11.0. The molecule has 0 aliphatic rings. The molecule has 0 aromatic rings. The van der Waals surface area contributed by atoms with Crippen molar-refractivity contribution in [2.75, 3.05) is 19.6 Å². The molecule has 70 valence electrons. The Morgan fingerprint density at radius 3 is 2.50 bits per heavy atom. The minimum absolute atomic E-state index is 0.00657. The first-order valence-electron chi connectivity index (χ1n) is 4.30. The van der Waals surface area contributed by atoms with E-state index in [2.05, 4.69) is 10.6 Å². The van der Waals surface area contributed by atoms with Crippen LogP contribution >= 0.6 is 0 Å². The lowest BCUT2D eigenvalue weighted by atomic mass is 10.3. The van der Waals surface area contributed by atoms with Gasteiger partial charge < -0.3 is 10.6 Å². The van der Waals surface area contributed by atoms with Gasteiger partial charge in [-0.2, -0.15) is 0 Å². The van der Waals surface area contributed by atoms with Gasteiger partial charge in [-0.3, -0.25) is 4.79 Å². The average Bonchev–Trinajstić information content (AvgIpc) is 1.97. The highest BCUT2D eigenvalue weighted by Crippen LogP contribution is 1.86. The minimum Gasteiger partial charge on any atom is -0.351 e. The molecule has 0 saturated heterocycles. The predicted molar refractivity (Wildman–Crippen MR) is 51.0 cm³/mol. The smallest absolute Gasteiger partial charge is 0.243 e. The summed E-state index contributed by atoms with van der Waals surface area (Å²) in [4.78, 5) is 11.0. The molecule has 0 aromatic heterocycles. The zero-order chi connectivity index (χ0) is 9.40. The standard InChI is InChI=1S/C9H18N2O/c1-4-10-5-6-11-9(12)7-8(2)3/h7,10H,4-6H2,1-3H3,(H,11,12). The van der Waals surface area contributed by atoms with E-state index in [4.69, 9.17) is 0 Å². The fourth-order valence-electron chi connectivity index (χ4n) is 0.764. The minimum atomic E-state index is -0.00657. The molecule has 0 rings (SSSR count). The van der Waals surface area contributed by atoms with E-state index in [1.807, 2.05) is 20.8 Å². The van der Waals surface area contributed by atoms with E-state index in [1.165, 1.54) is 0 Å². The quantitative estimate of drug-likeness (QED) is 0.470. The number of amides is 1. The Morgan fingerprint density at radius 1 is 1.33 bits per heavy atom. The number of hydrogen-bond donors (Lipinski definition) is 2. The highest BCUT2D eigenvalue weighted by Gasteiger charge is 1.93. The third kappa shape index (κ3) is 7.28. The molecule has 0 radical (unpaired) electrons. The summed E-state index contributed by atoms with van der Waals surface area (Å²) in [6.45, 7) is 8.32. The number of carbonyl (C=O) groups is 1. The van der Waals surface area contributed by atoms with E-state index in [0.29, 0.717) is 6.54 Å². The predicted octanol–water partition coefficient (Wildman–Crippen LogP) is 0.678. The van der Waals surface area contributed by atoms with Crippen molar-refractivity contribution in [2.45, 2.75) is 20.8 Å². The van der Waals surface area contributed by atoms with Gasteiger partial charge in [0.05, 0.1) is 0 Å². The summed E-state index contributed by atoms with van der Waals surface area (Å²) in [5, 5.41) is 5.89. The first-order valence-corrected chi connectivity index (χ1v) is 4.30. The molecule has 0 unspecified atom stereocenters. The Bertz CT molecular complexity index is 160. The molecule has 0 fully saturated rings. The maximum Gasteiger partial charge on any atom is 0.243 e. The van der Waals surface area contributed by atoms with Crippen LogP contribution in [0.25, 0.3) is 0 Å². The Labute approximate surface area is 74.2 Å². The maximum atomic E-state index is 11.0. The normalized spacial score (nSPS) is 9.25. The van der Waals surface area contributed by atoms with Crippen LogP contribution in [0.3, 0.4) is 0 Å². The van der Waals surface area contributed by atoms with Gasteiger partial charge in [0.15, 0.2) is 0 Å². The van der Waals surface area contributed by atoms with Crippen molar-refractivity contribution >= 4 is 5.91 Å². The van der Waals surface area contributed by atoms with E-state index < -0.39 is 0 Å². The van der Waals surface area contributed by atoms with E-state index in [9.17, 15) is 4.79 Å². The summed E-state index contributed by atoms with van der Waals surface area (Å²) >= 11 is 0. The molecule has 3 heteroatoms. The molecule has 0 aliphatic carbocycles. The number of hydrogen-bond acceptors (Lipinski definition) is 2. The van der Waals surface area contributed by atoms with Gasteiger partial charge in [0, 0.05) is 19.2 Å². The van der Waals surface area contributed by atoms with Gasteiger partial charge in [0.1, 0.15) is 0 Å². The molecular weight excluding hydrogens is 152 g/mol. The van der Waals surface area contributed by atoms with Crippen LogP contribution in [0.1, 0.15) is 20.8 Å². The number of allylic oxidation sites excluding steroid dienone is 1. The topological polar surface area (TPSA) is 41.1 Å². The summed E-state index contributed by atoms with van der Waals surface area (Å²) in [6, 6.07) is 0. The van der Waals surface area contributed by atoms with Crippen molar-refractivity contribution in [3.05, 3.63) is 11.6 Å². The molecule has 0 spiro atoms. The van der Waals surface area contributed by atoms with Crippen LogP contribution in [-0.4, -0.2) is 25.5 Å². The van der Waals surface area contributed by atoms with Crippen LogP contribution in [0.2, 0.25) is 0 Å². The van der Waals surface area contributed by atoms with Gasteiger partial charge in [0.2, 0.25) is 5.91 Å².